The summed E-state index contributed by atoms with van der Waals surface area (Å²) in [7, 11) is -3.85. The van der Waals surface area contributed by atoms with Crippen molar-refractivity contribution < 1.29 is 18.0 Å². The molecule has 188 valence electrons. The number of anilines is 2. The zero-order valence-corrected chi connectivity index (χ0v) is 22.2. The summed E-state index contributed by atoms with van der Waals surface area (Å²) < 4.78 is 25.4. The topological polar surface area (TPSA) is 108 Å². The van der Waals surface area contributed by atoms with Gasteiger partial charge in [-0.1, -0.05) is 53.0 Å². The molecule has 0 atom stereocenters. The van der Waals surface area contributed by atoms with Crippen LogP contribution in [0.5, 0.6) is 0 Å². The molecule has 0 heterocycles. The highest BCUT2D eigenvalue weighted by atomic mass is 35.5. The van der Waals surface area contributed by atoms with Crippen molar-refractivity contribution in [3.63, 3.8) is 0 Å². The fraction of sp³-hybridized carbons (Fsp3) is 0.125. The number of hydrogen-bond acceptors (Lipinski definition) is 5. The average molecular weight is 568 g/mol. The number of carbonyl (C=O) groups is 2. The van der Waals surface area contributed by atoms with Crippen molar-refractivity contribution >= 4 is 73.7 Å². The molecule has 2 amide bonds. The van der Waals surface area contributed by atoms with Crippen molar-refractivity contribution in [3.05, 3.63) is 92.9 Å². The summed E-state index contributed by atoms with van der Waals surface area (Å²) in [6, 6.07) is 17.7. The van der Waals surface area contributed by atoms with E-state index in [1.807, 2.05) is 0 Å². The van der Waals surface area contributed by atoms with E-state index in [2.05, 4.69) is 15.8 Å². The first kappa shape index (κ1) is 27.5. The summed E-state index contributed by atoms with van der Waals surface area (Å²) in [4.78, 5) is 25.0. The van der Waals surface area contributed by atoms with Crippen LogP contribution in [0.2, 0.25) is 15.1 Å². The summed E-state index contributed by atoms with van der Waals surface area (Å²) >= 11 is 18.0. The lowest BCUT2D eigenvalue weighted by Crippen LogP contribution is -2.39. The van der Waals surface area contributed by atoms with Gasteiger partial charge in [-0.2, -0.15) is 5.10 Å². The molecule has 0 saturated carbocycles. The lowest BCUT2D eigenvalue weighted by Gasteiger charge is -2.22. The van der Waals surface area contributed by atoms with E-state index in [-0.39, 0.29) is 21.6 Å². The molecule has 3 rings (SSSR count). The van der Waals surface area contributed by atoms with Gasteiger partial charge in [0.15, 0.2) is 0 Å². The standard InChI is InChI=1S/C24H21Cl3N4O4S/c1-15(16-5-4-8-20(12-16)28-24(33)17-6-3-7-18(25)11-17)29-30-23(32)14-31(36(2,34)35)22-13-19(26)9-10-21(22)27/h3-13H,14H2,1-2H3,(H,28,33)(H,30,32)/b29-15-. The molecule has 2 N–H and O–H groups in total. The highest BCUT2D eigenvalue weighted by Crippen LogP contribution is 2.30. The Bertz CT molecular complexity index is 1440. The van der Waals surface area contributed by atoms with Crippen molar-refractivity contribution in [2.75, 3.05) is 22.4 Å². The van der Waals surface area contributed by atoms with Crippen molar-refractivity contribution in [2.45, 2.75) is 6.92 Å². The predicted octanol–water partition coefficient (Wildman–Crippen LogP) is 5.21. The fourth-order valence-electron chi connectivity index (χ4n) is 3.09. The Balaban J connectivity index is 1.71. The van der Waals surface area contributed by atoms with Gasteiger partial charge in [0.1, 0.15) is 6.54 Å². The van der Waals surface area contributed by atoms with Gasteiger partial charge < -0.3 is 5.32 Å². The number of halogens is 3. The second-order valence-electron chi connectivity index (χ2n) is 7.64. The fourth-order valence-corrected chi connectivity index (χ4v) is 4.58. The Morgan fingerprint density at radius 1 is 0.917 bits per heavy atom. The van der Waals surface area contributed by atoms with Crippen LogP contribution in [0.3, 0.4) is 0 Å². The zero-order valence-electron chi connectivity index (χ0n) is 19.1. The second-order valence-corrected chi connectivity index (χ2v) is 10.8. The SMILES string of the molecule is C/C(=N/NC(=O)CN(c1cc(Cl)ccc1Cl)S(C)(=O)=O)c1cccc(NC(=O)c2cccc(Cl)c2)c1. The van der Waals surface area contributed by atoms with Gasteiger partial charge in [-0.25, -0.2) is 13.8 Å². The number of carbonyl (C=O) groups excluding carboxylic acids is 2. The number of nitrogens with one attached hydrogen (secondary N) is 2. The van der Waals surface area contributed by atoms with Crippen LogP contribution in [0.1, 0.15) is 22.8 Å². The minimum absolute atomic E-state index is 0.0747. The summed E-state index contributed by atoms with van der Waals surface area (Å²) in [5.41, 5.74) is 4.38. The highest BCUT2D eigenvalue weighted by Gasteiger charge is 2.23. The first-order chi connectivity index (χ1) is 16.9. The Morgan fingerprint density at radius 3 is 2.28 bits per heavy atom. The molecule has 0 aliphatic rings. The third-order valence-electron chi connectivity index (χ3n) is 4.84. The van der Waals surface area contributed by atoms with Crippen LogP contribution in [0.15, 0.2) is 71.8 Å². The molecule has 0 bridgehead atoms. The van der Waals surface area contributed by atoms with Gasteiger partial charge in [0.05, 0.1) is 22.7 Å². The van der Waals surface area contributed by atoms with Crippen molar-refractivity contribution in [3.8, 4) is 0 Å². The smallest absolute Gasteiger partial charge is 0.260 e. The maximum atomic E-state index is 12.5. The minimum Gasteiger partial charge on any atom is -0.322 e. The summed E-state index contributed by atoms with van der Waals surface area (Å²) in [5, 5.41) is 7.67. The van der Waals surface area contributed by atoms with E-state index in [9.17, 15) is 18.0 Å². The quantitative estimate of drug-likeness (QED) is 0.288. The van der Waals surface area contributed by atoms with E-state index < -0.39 is 22.5 Å². The molecule has 0 saturated heterocycles. The van der Waals surface area contributed by atoms with Gasteiger partial charge in [-0.3, -0.25) is 13.9 Å². The molecular weight excluding hydrogens is 547 g/mol. The first-order valence-electron chi connectivity index (χ1n) is 10.4. The van der Waals surface area contributed by atoms with E-state index in [0.29, 0.717) is 27.5 Å². The number of sulfonamides is 1. The van der Waals surface area contributed by atoms with E-state index >= 15 is 0 Å². The van der Waals surface area contributed by atoms with E-state index in [4.69, 9.17) is 34.8 Å². The normalized spacial score (nSPS) is 11.6. The molecule has 3 aromatic rings. The molecule has 36 heavy (non-hydrogen) atoms. The van der Waals surface area contributed by atoms with Crippen molar-refractivity contribution in [1.29, 1.82) is 0 Å². The molecule has 0 unspecified atom stereocenters. The Labute approximate surface area is 223 Å². The second kappa shape index (κ2) is 11.7. The van der Waals surface area contributed by atoms with Crippen LogP contribution in [0, 0.1) is 0 Å². The number of nitrogens with zero attached hydrogens (tertiary/aromatic N) is 2. The zero-order chi connectivity index (χ0) is 26.5. The summed E-state index contributed by atoms with van der Waals surface area (Å²) in [5.74, 6) is -1.03. The van der Waals surface area contributed by atoms with Gasteiger partial charge in [-0.05, 0) is 61.0 Å². The Morgan fingerprint density at radius 2 is 1.58 bits per heavy atom. The maximum Gasteiger partial charge on any atom is 0.260 e. The lowest BCUT2D eigenvalue weighted by molar-refractivity contribution is -0.119. The van der Waals surface area contributed by atoms with Gasteiger partial charge >= 0.3 is 0 Å². The van der Waals surface area contributed by atoms with Crippen LogP contribution in [-0.2, 0) is 14.8 Å². The van der Waals surface area contributed by atoms with Crippen LogP contribution in [0.4, 0.5) is 11.4 Å². The minimum atomic E-state index is -3.85. The van der Waals surface area contributed by atoms with E-state index in [1.54, 1.807) is 55.5 Å². The number of benzene rings is 3. The first-order valence-corrected chi connectivity index (χ1v) is 13.4. The molecule has 3 aromatic carbocycles. The van der Waals surface area contributed by atoms with Crippen LogP contribution < -0.4 is 15.0 Å². The average Bonchev–Trinajstić information content (AvgIpc) is 2.82. The van der Waals surface area contributed by atoms with Gasteiger partial charge in [-0.15, -0.1) is 0 Å². The third kappa shape index (κ3) is 7.44. The van der Waals surface area contributed by atoms with Crippen LogP contribution >= 0.6 is 34.8 Å². The maximum absolute atomic E-state index is 12.5. The molecule has 0 fully saturated rings. The predicted molar refractivity (Wildman–Crippen MR) is 145 cm³/mol. The molecular formula is C24H21Cl3N4O4S. The largest absolute Gasteiger partial charge is 0.322 e. The van der Waals surface area contributed by atoms with Crippen molar-refractivity contribution in [1.82, 2.24) is 5.43 Å². The highest BCUT2D eigenvalue weighted by molar-refractivity contribution is 7.92. The number of rotatable bonds is 8. The molecule has 12 heteroatoms. The van der Waals surface area contributed by atoms with Gasteiger partial charge in [0.2, 0.25) is 10.0 Å². The molecule has 0 aliphatic heterocycles. The van der Waals surface area contributed by atoms with E-state index in [0.717, 1.165) is 10.6 Å². The van der Waals surface area contributed by atoms with Gasteiger partial charge in [0, 0.05) is 21.3 Å². The number of hydrazone groups is 1. The molecule has 0 aliphatic carbocycles. The van der Waals surface area contributed by atoms with E-state index in [1.165, 1.54) is 18.2 Å². The Hall–Kier alpha value is -3.11. The van der Waals surface area contributed by atoms with Gasteiger partial charge in [0.25, 0.3) is 11.8 Å². The van der Waals surface area contributed by atoms with Crippen molar-refractivity contribution in [2.24, 2.45) is 5.10 Å². The Kier molecular flexibility index (Phi) is 8.97. The number of hydrogen-bond donors (Lipinski definition) is 2. The lowest BCUT2D eigenvalue weighted by atomic mass is 10.1. The monoisotopic (exact) mass is 566 g/mol. The van der Waals surface area contributed by atoms with Crippen LogP contribution in [0.25, 0.3) is 0 Å². The summed E-state index contributed by atoms with van der Waals surface area (Å²) in [6.07, 6.45) is 0.954. The molecule has 0 radical (unpaired) electrons. The molecule has 8 nitrogen and oxygen atoms in total. The molecule has 0 spiro atoms. The van der Waals surface area contributed by atoms with Crippen LogP contribution in [-0.4, -0.2) is 38.7 Å². The summed E-state index contributed by atoms with van der Waals surface area (Å²) in [6.45, 7) is 1.09. The number of amides is 2. The third-order valence-corrected chi connectivity index (χ3v) is 6.75. The molecule has 0 aromatic heterocycles.